The zero-order valence-corrected chi connectivity index (χ0v) is 8.16. The topological polar surface area (TPSA) is 0 Å². The summed E-state index contributed by atoms with van der Waals surface area (Å²) in [6, 6.07) is 0. The Bertz CT molecular complexity index is 378. The molecule has 3 aliphatic rings. The minimum absolute atomic E-state index is 0.612. The van der Waals surface area contributed by atoms with Gasteiger partial charge in [0.25, 0.3) is 0 Å². The molecule has 0 amide bonds. The zero-order chi connectivity index (χ0) is 7.97. The van der Waals surface area contributed by atoms with Gasteiger partial charge in [0.05, 0.1) is 0 Å². The summed E-state index contributed by atoms with van der Waals surface area (Å²) in [6.45, 7) is 0. The Morgan fingerprint density at radius 2 is 2.33 bits per heavy atom. The molecule has 1 aliphatic heterocycles. The molecule has 0 aromatic carbocycles. The van der Waals surface area contributed by atoms with E-state index in [2.05, 4.69) is 41.4 Å². The van der Waals surface area contributed by atoms with E-state index in [0.29, 0.717) is 19.8 Å². The van der Waals surface area contributed by atoms with Crippen molar-refractivity contribution >= 4 is 15.0 Å². The molecule has 0 saturated carbocycles. The molecule has 3 rings (SSSR count). The molecule has 0 aromatic rings. The van der Waals surface area contributed by atoms with Gasteiger partial charge in [-0.15, -0.1) is 0 Å². The molecule has 1 unspecified atom stereocenters. The number of hydrogen-bond donors (Lipinski definition) is 0. The van der Waals surface area contributed by atoms with Gasteiger partial charge in [0.2, 0.25) is 0 Å². The molecular formula is C11H7Se. The van der Waals surface area contributed by atoms with E-state index in [1.807, 2.05) is 0 Å². The van der Waals surface area contributed by atoms with Gasteiger partial charge in [-0.05, 0) is 0 Å². The summed E-state index contributed by atoms with van der Waals surface area (Å²) in [5.74, 6) is 0. The average molecular weight is 218 g/mol. The van der Waals surface area contributed by atoms with E-state index in [-0.39, 0.29) is 0 Å². The fourth-order valence-electron chi connectivity index (χ4n) is 1.65. The predicted molar refractivity (Wildman–Crippen MR) is 50.7 cm³/mol. The molecule has 0 fully saturated rings. The van der Waals surface area contributed by atoms with Crippen LogP contribution in [0.3, 0.4) is 0 Å². The summed E-state index contributed by atoms with van der Waals surface area (Å²) in [6.07, 6.45) is 14.4. The average Bonchev–Trinajstić information content (AvgIpc) is 2.64. The van der Waals surface area contributed by atoms with E-state index in [9.17, 15) is 0 Å². The van der Waals surface area contributed by atoms with Gasteiger partial charge in [-0.25, -0.2) is 0 Å². The minimum atomic E-state index is 0.612. The van der Waals surface area contributed by atoms with Gasteiger partial charge in [0.15, 0.2) is 0 Å². The fraction of sp³-hybridized carbons (Fsp3) is 0.0909. The van der Waals surface area contributed by atoms with Crippen molar-refractivity contribution < 1.29 is 0 Å². The van der Waals surface area contributed by atoms with Gasteiger partial charge in [-0.1, -0.05) is 0 Å². The first-order chi connectivity index (χ1) is 5.93. The molecule has 0 spiro atoms. The van der Waals surface area contributed by atoms with Crippen LogP contribution in [0.4, 0.5) is 0 Å². The zero-order valence-electron chi connectivity index (χ0n) is 6.45. The van der Waals surface area contributed by atoms with Crippen LogP contribution < -0.4 is 0 Å². The molecule has 0 nitrogen and oxygen atoms in total. The number of hydrogen-bond acceptors (Lipinski definition) is 0. The van der Waals surface area contributed by atoms with Crippen LogP contribution in [0.1, 0.15) is 0 Å². The third kappa shape index (κ3) is 0.841. The molecular weight excluding hydrogens is 211 g/mol. The van der Waals surface area contributed by atoms with Gasteiger partial charge in [0.1, 0.15) is 0 Å². The fourth-order valence-corrected chi connectivity index (χ4v) is 3.45. The molecule has 1 radical (unpaired) electrons. The first kappa shape index (κ1) is 6.71. The molecule has 1 atom stereocenters. The van der Waals surface area contributed by atoms with Crippen LogP contribution in [-0.4, -0.2) is 15.0 Å². The summed E-state index contributed by atoms with van der Waals surface area (Å²) in [7, 11) is 0. The maximum absolute atomic E-state index is 3.32. The monoisotopic (exact) mass is 219 g/mol. The van der Waals surface area contributed by atoms with Crippen LogP contribution in [0.15, 0.2) is 52.1 Å². The van der Waals surface area contributed by atoms with Crippen molar-refractivity contribution in [1.82, 2.24) is 0 Å². The van der Waals surface area contributed by atoms with E-state index in [1.54, 1.807) is 0 Å². The summed E-state index contributed by atoms with van der Waals surface area (Å²) in [5, 5.41) is 0. The van der Waals surface area contributed by atoms with Crippen LogP contribution in [0.5, 0.6) is 0 Å². The molecule has 0 N–H and O–H groups in total. The second-order valence-electron chi connectivity index (χ2n) is 3.02. The van der Waals surface area contributed by atoms with Gasteiger partial charge >= 0.3 is 77.9 Å². The van der Waals surface area contributed by atoms with Crippen molar-refractivity contribution in [1.29, 1.82) is 0 Å². The first-order valence-corrected chi connectivity index (χ1v) is 5.97. The molecule has 57 valence electrons. The van der Waals surface area contributed by atoms with Gasteiger partial charge in [-0.2, -0.15) is 0 Å². The van der Waals surface area contributed by atoms with Crippen molar-refractivity contribution in [2.75, 3.05) is 0 Å². The van der Waals surface area contributed by atoms with Crippen LogP contribution in [0, 0.1) is 6.08 Å². The van der Waals surface area contributed by atoms with Crippen molar-refractivity contribution in [2.24, 2.45) is 0 Å². The first-order valence-electron chi connectivity index (χ1n) is 3.99. The summed E-state index contributed by atoms with van der Waals surface area (Å²) < 4.78 is 0. The van der Waals surface area contributed by atoms with Gasteiger partial charge in [-0.3, -0.25) is 0 Å². The summed E-state index contributed by atoms with van der Waals surface area (Å²) in [5.41, 5.74) is 4.15. The molecule has 0 bridgehead atoms. The van der Waals surface area contributed by atoms with Crippen molar-refractivity contribution in [3.63, 3.8) is 0 Å². The summed E-state index contributed by atoms with van der Waals surface area (Å²) in [4.78, 5) is 2.87. The molecule has 0 saturated heterocycles. The van der Waals surface area contributed by atoms with Crippen molar-refractivity contribution in [3.8, 4) is 0 Å². The molecule has 0 aromatic heterocycles. The standard InChI is InChI=1S/C11H7Se/c1-2-8-6-10-4-5-12-11(10)7-9(8)3-1/h1-3,5-7,11H. The van der Waals surface area contributed by atoms with E-state index in [1.165, 1.54) is 16.7 Å². The van der Waals surface area contributed by atoms with Crippen LogP contribution >= 0.6 is 0 Å². The molecule has 1 heterocycles. The Kier molecular flexibility index (Phi) is 1.31. The van der Waals surface area contributed by atoms with Crippen LogP contribution in [0.25, 0.3) is 0 Å². The van der Waals surface area contributed by atoms with Crippen molar-refractivity contribution in [2.45, 2.75) is 4.82 Å². The Balaban J connectivity index is 2.12. The third-order valence-electron chi connectivity index (χ3n) is 2.27. The predicted octanol–water partition coefficient (Wildman–Crippen LogP) is 2.17. The van der Waals surface area contributed by atoms with Crippen molar-refractivity contribution in [3.05, 3.63) is 58.1 Å². The Morgan fingerprint density at radius 1 is 1.33 bits per heavy atom. The van der Waals surface area contributed by atoms with Gasteiger partial charge < -0.3 is 0 Å². The van der Waals surface area contributed by atoms with E-state index < -0.39 is 0 Å². The Hall–Kier alpha value is -0.781. The number of fused-ring (bicyclic) bond motifs is 2. The summed E-state index contributed by atoms with van der Waals surface area (Å²) >= 11 is 0.612. The van der Waals surface area contributed by atoms with E-state index >= 15 is 0 Å². The van der Waals surface area contributed by atoms with E-state index in [0.717, 1.165) is 0 Å². The SMILES string of the molecule is [C]1=C[Se]C2C=C3C=CC=C3C=C12. The third-order valence-corrected chi connectivity index (χ3v) is 4.24. The molecule has 1 heteroatoms. The number of rotatable bonds is 0. The second-order valence-corrected chi connectivity index (χ2v) is 5.15. The quantitative estimate of drug-likeness (QED) is 0.546. The Labute approximate surface area is 78.2 Å². The van der Waals surface area contributed by atoms with Crippen LogP contribution in [-0.2, 0) is 0 Å². The second kappa shape index (κ2) is 2.35. The molecule has 2 aliphatic carbocycles. The van der Waals surface area contributed by atoms with E-state index in [4.69, 9.17) is 0 Å². The normalized spacial score (nSPS) is 29.3. The maximum atomic E-state index is 3.32. The van der Waals surface area contributed by atoms with Crippen LogP contribution in [0.2, 0.25) is 4.82 Å². The number of allylic oxidation sites excluding steroid dienone is 9. The van der Waals surface area contributed by atoms with Gasteiger partial charge in [0, 0.05) is 0 Å². The Morgan fingerprint density at radius 3 is 3.33 bits per heavy atom. The molecule has 12 heavy (non-hydrogen) atoms.